The van der Waals surface area contributed by atoms with Crippen molar-refractivity contribution in [1.82, 2.24) is 9.97 Å². The topological polar surface area (TPSA) is 37.8 Å². The highest BCUT2D eigenvalue weighted by molar-refractivity contribution is 9.10. The zero-order valence-electron chi connectivity index (χ0n) is 12.0. The molecule has 0 aliphatic carbocycles. The van der Waals surface area contributed by atoms with E-state index < -0.39 is 0 Å². The highest BCUT2D eigenvalue weighted by Crippen LogP contribution is 2.34. The van der Waals surface area contributed by atoms with Crippen LogP contribution in [0.5, 0.6) is 0 Å². The summed E-state index contributed by atoms with van der Waals surface area (Å²) in [5.41, 5.74) is 1.85. The average molecular weight is 355 g/mol. The molecular formula is C15H17BrClN3. The van der Waals surface area contributed by atoms with Gasteiger partial charge in [0.25, 0.3) is 0 Å². The van der Waals surface area contributed by atoms with Gasteiger partial charge in [-0.2, -0.15) is 0 Å². The number of nitrogens with zero attached hydrogens (tertiary/aromatic N) is 2. The van der Waals surface area contributed by atoms with Gasteiger partial charge in [-0.25, -0.2) is 9.97 Å². The molecular weight excluding hydrogens is 338 g/mol. The number of aromatic nitrogens is 2. The molecule has 3 nitrogen and oxygen atoms in total. The Morgan fingerprint density at radius 2 is 1.70 bits per heavy atom. The number of benzene rings is 1. The van der Waals surface area contributed by atoms with Gasteiger partial charge in [0, 0.05) is 23.0 Å². The van der Waals surface area contributed by atoms with Gasteiger partial charge in [0.2, 0.25) is 0 Å². The molecule has 0 atom stereocenters. The minimum Gasteiger partial charge on any atom is -0.372 e. The van der Waals surface area contributed by atoms with Crippen LogP contribution in [0.4, 0.5) is 5.82 Å². The molecule has 0 fully saturated rings. The van der Waals surface area contributed by atoms with Crippen LogP contribution in [0.15, 0.2) is 28.7 Å². The second-order valence-electron chi connectivity index (χ2n) is 5.57. The Hall–Kier alpha value is -1.13. The van der Waals surface area contributed by atoms with E-state index in [1.165, 1.54) is 0 Å². The van der Waals surface area contributed by atoms with E-state index in [9.17, 15) is 0 Å². The molecule has 2 rings (SSSR count). The number of hydrogen-bond donors (Lipinski definition) is 1. The molecule has 0 unspecified atom stereocenters. The van der Waals surface area contributed by atoms with Crippen LogP contribution >= 0.6 is 27.5 Å². The molecule has 0 saturated heterocycles. The molecule has 2 aromatic rings. The quantitative estimate of drug-likeness (QED) is 0.833. The van der Waals surface area contributed by atoms with Crippen molar-refractivity contribution in [3.8, 4) is 11.4 Å². The molecule has 0 spiro atoms. The van der Waals surface area contributed by atoms with Crippen molar-refractivity contribution < 1.29 is 0 Å². The normalized spacial score (nSPS) is 11.5. The number of nitrogens with one attached hydrogen (secondary N) is 1. The second kappa shape index (κ2) is 5.70. The molecule has 20 heavy (non-hydrogen) atoms. The van der Waals surface area contributed by atoms with E-state index in [0.717, 1.165) is 21.5 Å². The molecule has 0 radical (unpaired) electrons. The number of rotatable bonds is 2. The highest BCUT2D eigenvalue weighted by Gasteiger charge is 2.23. The van der Waals surface area contributed by atoms with Crippen molar-refractivity contribution >= 4 is 33.3 Å². The van der Waals surface area contributed by atoms with E-state index in [4.69, 9.17) is 16.6 Å². The van der Waals surface area contributed by atoms with Crippen LogP contribution in [0.2, 0.25) is 5.02 Å². The van der Waals surface area contributed by atoms with Gasteiger partial charge in [0.05, 0.1) is 10.2 Å². The molecule has 1 heterocycles. The Bertz CT molecular complexity index is 618. The van der Waals surface area contributed by atoms with Crippen molar-refractivity contribution in [3.05, 3.63) is 39.5 Å². The summed E-state index contributed by atoms with van der Waals surface area (Å²) >= 11 is 9.51. The molecule has 5 heteroatoms. The Balaban J connectivity index is 2.63. The molecule has 0 aliphatic heterocycles. The van der Waals surface area contributed by atoms with Crippen LogP contribution in [0.3, 0.4) is 0 Å². The third kappa shape index (κ3) is 3.13. The van der Waals surface area contributed by atoms with Gasteiger partial charge < -0.3 is 5.32 Å². The van der Waals surface area contributed by atoms with Crippen molar-refractivity contribution in [3.63, 3.8) is 0 Å². The van der Waals surface area contributed by atoms with E-state index >= 15 is 0 Å². The van der Waals surface area contributed by atoms with E-state index in [2.05, 4.69) is 47.0 Å². The maximum atomic E-state index is 5.93. The van der Waals surface area contributed by atoms with Crippen LogP contribution in [0.25, 0.3) is 11.4 Å². The SMILES string of the molecule is CNc1nc(-c2ccc(Cl)cc2)nc(C(C)(C)C)c1Br. The molecule has 106 valence electrons. The Labute approximate surface area is 132 Å². The zero-order valence-corrected chi connectivity index (χ0v) is 14.3. The number of halogens is 2. The summed E-state index contributed by atoms with van der Waals surface area (Å²) in [4.78, 5) is 9.26. The summed E-state index contributed by atoms with van der Waals surface area (Å²) < 4.78 is 0.908. The van der Waals surface area contributed by atoms with E-state index in [0.29, 0.717) is 10.8 Å². The van der Waals surface area contributed by atoms with Crippen LogP contribution in [-0.4, -0.2) is 17.0 Å². The lowest BCUT2D eigenvalue weighted by Gasteiger charge is -2.21. The van der Waals surface area contributed by atoms with Crippen LogP contribution < -0.4 is 5.32 Å². The number of hydrogen-bond acceptors (Lipinski definition) is 3. The van der Waals surface area contributed by atoms with Crippen molar-refractivity contribution in [2.75, 3.05) is 12.4 Å². The number of anilines is 1. The van der Waals surface area contributed by atoms with Crippen molar-refractivity contribution in [2.45, 2.75) is 26.2 Å². The molecule has 0 saturated carbocycles. The first-order valence-corrected chi connectivity index (χ1v) is 7.51. The fourth-order valence-electron chi connectivity index (χ4n) is 1.84. The first kappa shape index (κ1) is 15.3. The summed E-state index contributed by atoms with van der Waals surface area (Å²) in [5, 5.41) is 3.81. The van der Waals surface area contributed by atoms with Crippen LogP contribution in [0.1, 0.15) is 26.5 Å². The Morgan fingerprint density at radius 1 is 1.10 bits per heavy atom. The molecule has 0 bridgehead atoms. The fourth-order valence-corrected chi connectivity index (χ4v) is 2.93. The minimum atomic E-state index is -0.0749. The summed E-state index contributed by atoms with van der Waals surface area (Å²) in [6.07, 6.45) is 0. The van der Waals surface area contributed by atoms with Gasteiger partial charge in [0.15, 0.2) is 5.82 Å². The van der Waals surface area contributed by atoms with E-state index in [1.807, 2.05) is 31.3 Å². The third-order valence-electron chi connectivity index (χ3n) is 2.90. The van der Waals surface area contributed by atoms with E-state index in [1.54, 1.807) is 0 Å². The van der Waals surface area contributed by atoms with Crippen LogP contribution in [-0.2, 0) is 5.41 Å². The largest absolute Gasteiger partial charge is 0.372 e. The first-order chi connectivity index (χ1) is 9.32. The summed E-state index contributed by atoms with van der Waals surface area (Å²) in [7, 11) is 1.85. The summed E-state index contributed by atoms with van der Waals surface area (Å²) in [6.45, 7) is 6.39. The van der Waals surface area contributed by atoms with Gasteiger partial charge in [-0.3, -0.25) is 0 Å². The smallest absolute Gasteiger partial charge is 0.161 e. The zero-order chi connectivity index (χ0) is 14.9. The fraction of sp³-hybridized carbons (Fsp3) is 0.333. The molecule has 1 aromatic heterocycles. The lowest BCUT2D eigenvalue weighted by molar-refractivity contribution is 0.564. The van der Waals surface area contributed by atoms with Gasteiger partial charge in [-0.05, 0) is 40.2 Å². The maximum Gasteiger partial charge on any atom is 0.161 e. The van der Waals surface area contributed by atoms with Crippen molar-refractivity contribution in [1.29, 1.82) is 0 Å². The van der Waals surface area contributed by atoms with Crippen molar-refractivity contribution in [2.24, 2.45) is 0 Å². The minimum absolute atomic E-state index is 0.0749. The lowest BCUT2D eigenvalue weighted by Crippen LogP contribution is -2.17. The van der Waals surface area contributed by atoms with Crippen LogP contribution in [0, 0.1) is 0 Å². The Morgan fingerprint density at radius 3 is 2.20 bits per heavy atom. The summed E-state index contributed by atoms with van der Waals surface area (Å²) in [5.74, 6) is 1.48. The van der Waals surface area contributed by atoms with E-state index in [-0.39, 0.29) is 5.41 Å². The maximum absolute atomic E-state index is 5.93. The standard InChI is InChI=1S/C15H17BrClN3/c1-15(2,3)12-11(16)14(18-4)20-13(19-12)9-5-7-10(17)8-6-9/h5-8H,1-4H3,(H,18,19,20). The molecule has 0 amide bonds. The average Bonchev–Trinajstić information content (AvgIpc) is 2.38. The molecule has 1 N–H and O–H groups in total. The molecule has 1 aromatic carbocycles. The second-order valence-corrected chi connectivity index (χ2v) is 6.79. The Kier molecular flexibility index (Phi) is 4.35. The predicted octanol–water partition coefficient (Wildman–Crippen LogP) is 4.90. The highest BCUT2D eigenvalue weighted by atomic mass is 79.9. The van der Waals surface area contributed by atoms with Gasteiger partial charge in [-0.1, -0.05) is 32.4 Å². The third-order valence-corrected chi connectivity index (χ3v) is 3.90. The monoisotopic (exact) mass is 353 g/mol. The summed E-state index contributed by atoms with van der Waals surface area (Å²) in [6, 6.07) is 7.55. The van der Waals surface area contributed by atoms with Gasteiger partial charge in [-0.15, -0.1) is 0 Å². The van der Waals surface area contributed by atoms with Gasteiger partial charge in [0.1, 0.15) is 5.82 Å². The lowest BCUT2D eigenvalue weighted by atomic mass is 9.91. The van der Waals surface area contributed by atoms with Gasteiger partial charge >= 0.3 is 0 Å². The predicted molar refractivity (Wildman–Crippen MR) is 88.4 cm³/mol. The first-order valence-electron chi connectivity index (χ1n) is 6.34. The molecule has 0 aliphatic rings.